The molecule has 2 nitrogen and oxygen atoms in total. The lowest BCUT2D eigenvalue weighted by molar-refractivity contribution is 0.414. The van der Waals surface area contributed by atoms with Gasteiger partial charge in [0.25, 0.3) is 0 Å². The highest BCUT2D eigenvalue weighted by atomic mass is 16.5. The van der Waals surface area contributed by atoms with Crippen LogP contribution in [0.5, 0.6) is 5.75 Å². The van der Waals surface area contributed by atoms with Gasteiger partial charge in [-0.25, -0.2) is 0 Å². The van der Waals surface area contributed by atoms with Crippen LogP contribution in [0.4, 0.5) is 0 Å². The lowest BCUT2D eigenvalue weighted by Gasteiger charge is -2.18. The quantitative estimate of drug-likeness (QED) is 0.739. The van der Waals surface area contributed by atoms with Crippen molar-refractivity contribution < 1.29 is 4.74 Å². The Kier molecular flexibility index (Phi) is 6.29. The fourth-order valence-electron chi connectivity index (χ4n) is 2.53. The normalized spacial score (nSPS) is 12.1. The van der Waals surface area contributed by atoms with Gasteiger partial charge in [0.15, 0.2) is 0 Å². The maximum Gasteiger partial charge on any atom is 0.118 e. The molecule has 2 aromatic rings. The van der Waals surface area contributed by atoms with E-state index in [1.54, 1.807) is 7.11 Å². The van der Waals surface area contributed by atoms with E-state index >= 15 is 0 Å². The number of ether oxygens (including phenoxy) is 1. The molecule has 0 aliphatic heterocycles. The summed E-state index contributed by atoms with van der Waals surface area (Å²) in [5, 5.41) is 3.55. The number of methoxy groups -OCH3 is 1. The van der Waals surface area contributed by atoms with Crippen LogP contribution in [0, 0.1) is 0 Å². The smallest absolute Gasteiger partial charge is 0.118 e. The predicted octanol–water partition coefficient (Wildman–Crippen LogP) is 4.02. The first-order chi connectivity index (χ1) is 10.3. The standard InChI is InChI=1S/C19H25NO/c1-3-13-20-15-18(17-7-5-4-6-8-17)14-16-9-11-19(21-2)12-10-16/h4-12,18,20H,3,13-15H2,1-2H3. The van der Waals surface area contributed by atoms with Gasteiger partial charge in [0.2, 0.25) is 0 Å². The summed E-state index contributed by atoms with van der Waals surface area (Å²) in [6.45, 7) is 4.30. The molecule has 2 aromatic carbocycles. The molecule has 0 aliphatic carbocycles. The van der Waals surface area contributed by atoms with E-state index in [2.05, 4.69) is 54.7 Å². The van der Waals surface area contributed by atoms with Crippen molar-refractivity contribution in [3.05, 3.63) is 65.7 Å². The lowest BCUT2D eigenvalue weighted by atomic mass is 9.92. The van der Waals surface area contributed by atoms with Gasteiger partial charge in [-0.15, -0.1) is 0 Å². The van der Waals surface area contributed by atoms with Gasteiger partial charge in [-0.05, 0) is 42.6 Å². The summed E-state index contributed by atoms with van der Waals surface area (Å²) in [5.41, 5.74) is 2.75. The molecular weight excluding hydrogens is 258 g/mol. The third-order valence-corrected chi connectivity index (χ3v) is 3.73. The molecule has 0 bridgehead atoms. The molecule has 21 heavy (non-hydrogen) atoms. The molecule has 2 heteroatoms. The largest absolute Gasteiger partial charge is 0.497 e. The first-order valence-electron chi connectivity index (χ1n) is 7.72. The summed E-state index contributed by atoms with van der Waals surface area (Å²) in [5.74, 6) is 1.42. The third kappa shape index (κ3) is 4.91. The van der Waals surface area contributed by atoms with Crippen molar-refractivity contribution >= 4 is 0 Å². The van der Waals surface area contributed by atoms with Crippen LogP contribution >= 0.6 is 0 Å². The van der Waals surface area contributed by atoms with Crippen LogP contribution in [0.3, 0.4) is 0 Å². The summed E-state index contributed by atoms with van der Waals surface area (Å²) in [6, 6.07) is 19.2. The number of benzene rings is 2. The fraction of sp³-hybridized carbons (Fsp3) is 0.368. The highest BCUT2D eigenvalue weighted by Gasteiger charge is 2.12. The molecule has 0 heterocycles. The number of hydrogen-bond acceptors (Lipinski definition) is 2. The zero-order valence-electron chi connectivity index (χ0n) is 13.0. The first kappa shape index (κ1) is 15.6. The topological polar surface area (TPSA) is 21.3 Å². The Balaban J connectivity index is 2.07. The van der Waals surface area contributed by atoms with Crippen LogP contribution in [0.1, 0.15) is 30.4 Å². The average molecular weight is 283 g/mol. The minimum absolute atomic E-state index is 0.506. The molecule has 0 spiro atoms. The summed E-state index contributed by atoms with van der Waals surface area (Å²) in [6.07, 6.45) is 2.22. The molecule has 0 saturated heterocycles. The van der Waals surface area contributed by atoms with Crippen LogP contribution in [0.25, 0.3) is 0 Å². The molecule has 0 saturated carbocycles. The van der Waals surface area contributed by atoms with E-state index in [9.17, 15) is 0 Å². The molecule has 0 aliphatic rings. The summed E-state index contributed by atoms with van der Waals surface area (Å²) >= 11 is 0. The Hall–Kier alpha value is -1.80. The molecule has 1 N–H and O–H groups in total. The van der Waals surface area contributed by atoms with Crippen LogP contribution < -0.4 is 10.1 Å². The second kappa shape index (κ2) is 8.48. The van der Waals surface area contributed by atoms with E-state index in [4.69, 9.17) is 4.74 Å². The Morgan fingerprint density at radius 2 is 1.71 bits per heavy atom. The fourth-order valence-corrected chi connectivity index (χ4v) is 2.53. The van der Waals surface area contributed by atoms with Crippen molar-refractivity contribution in [1.29, 1.82) is 0 Å². The van der Waals surface area contributed by atoms with E-state index < -0.39 is 0 Å². The van der Waals surface area contributed by atoms with Crippen LogP contribution in [0.15, 0.2) is 54.6 Å². The molecule has 0 aromatic heterocycles. The molecule has 1 unspecified atom stereocenters. The van der Waals surface area contributed by atoms with E-state index in [0.29, 0.717) is 5.92 Å². The Labute approximate surface area is 128 Å². The molecule has 112 valence electrons. The van der Waals surface area contributed by atoms with E-state index in [1.165, 1.54) is 17.5 Å². The highest BCUT2D eigenvalue weighted by Crippen LogP contribution is 2.22. The molecule has 0 amide bonds. The van der Waals surface area contributed by atoms with Gasteiger partial charge < -0.3 is 10.1 Å². The minimum Gasteiger partial charge on any atom is -0.497 e. The lowest BCUT2D eigenvalue weighted by Crippen LogP contribution is -2.23. The molecule has 1 atom stereocenters. The van der Waals surface area contributed by atoms with Gasteiger partial charge >= 0.3 is 0 Å². The second-order valence-electron chi connectivity index (χ2n) is 5.36. The monoisotopic (exact) mass is 283 g/mol. The molecule has 0 radical (unpaired) electrons. The van der Waals surface area contributed by atoms with E-state index in [1.807, 2.05) is 12.1 Å². The van der Waals surface area contributed by atoms with Gasteiger partial charge in [-0.2, -0.15) is 0 Å². The maximum atomic E-state index is 5.23. The molecule has 2 rings (SSSR count). The number of hydrogen-bond donors (Lipinski definition) is 1. The SMILES string of the molecule is CCCNCC(Cc1ccc(OC)cc1)c1ccccc1. The van der Waals surface area contributed by atoms with E-state index in [0.717, 1.165) is 25.3 Å². The summed E-state index contributed by atoms with van der Waals surface area (Å²) in [4.78, 5) is 0. The van der Waals surface area contributed by atoms with Crippen LogP contribution in [0.2, 0.25) is 0 Å². The zero-order valence-corrected chi connectivity index (χ0v) is 13.0. The van der Waals surface area contributed by atoms with Crippen molar-refractivity contribution in [3.63, 3.8) is 0 Å². The minimum atomic E-state index is 0.506. The van der Waals surface area contributed by atoms with Gasteiger partial charge in [0.1, 0.15) is 5.75 Å². The number of rotatable bonds is 8. The van der Waals surface area contributed by atoms with E-state index in [-0.39, 0.29) is 0 Å². The molecule has 0 fully saturated rings. The number of nitrogens with one attached hydrogen (secondary N) is 1. The Morgan fingerprint density at radius 3 is 2.33 bits per heavy atom. The highest BCUT2D eigenvalue weighted by molar-refractivity contribution is 5.30. The van der Waals surface area contributed by atoms with Crippen molar-refractivity contribution in [2.24, 2.45) is 0 Å². The predicted molar refractivity (Wildman–Crippen MR) is 89.0 cm³/mol. The second-order valence-corrected chi connectivity index (χ2v) is 5.36. The Morgan fingerprint density at radius 1 is 1.00 bits per heavy atom. The van der Waals surface area contributed by atoms with Crippen molar-refractivity contribution in [2.75, 3.05) is 20.2 Å². The van der Waals surface area contributed by atoms with Crippen molar-refractivity contribution in [2.45, 2.75) is 25.7 Å². The van der Waals surface area contributed by atoms with Crippen LogP contribution in [-0.4, -0.2) is 20.2 Å². The van der Waals surface area contributed by atoms with Gasteiger partial charge in [0, 0.05) is 12.5 Å². The zero-order chi connectivity index (χ0) is 14.9. The molecular formula is C19H25NO. The third-order valence-electron chi connectivity index (χ3n) is 3.73. The van der Waals surface area contributed by atoms with Gasteiger partial charge in [-0.1, -0.05) is 49.4 Å². The summed E-state index contributed by atoms with van der Waals surface area (Å²) < 4.78 is 5.23. The summed E-state index contributed by atoms with van der Waals surface area (Å²) in [7, 11) is 1.70. The van der Waals surface area contributed by atoms with Crippen LogP contribution in [-0.2, 0) is 6.42 Å². The maximum absolute atomic E-state index is 5.23. The van der Waals surface area contributed by atoms with Gasteiger partial charge in [-0.3, -0.25) is 0 Å². The van der Waals surface area contributed by atoms with Crippen molar-refractivity contribution in [3.8, 4) is 5.75 Å². The Bertz CT molecular complexity index is 507. The van der Waals surface area contributed by atoms with Crippen molar-refractivity contribution in [1.82, 2.24) is 5.32 Å². The average Bonchev–Trinajstić information content (AvgIpc) is 2.55. The first-order valence-corrected chi connectivity index (χ1v) is 7.72. The van der Waals surface area contributed by atoms with Gasteiger partial charge in [0.05, 0.1) is 7.11 Å².